The Hall–Kier alpha value is -0.940. The highest BCUT2D eigenvalue weighted by molar-refractivity contribution is 5.72. The minimum Gasteiger partial charge on any atom is -0.462 e. The number of carbonyl (C=O) groups is 1. The van der Waals surface area contributed by atoms with Crippen LogP contribution in [-0.4, -0.2) is 56.1 Å². The molecule has 1 heterocycles. The van der Waals surface area contributed by atoms with Gasteiger partial charge in [0.25, 0.3) is 0 Å². The highest BCUT2D eigenvalue weighted by atomic mass is 16.5. The van der Waals surface area contributed by atoms with Crippen molar-refractivity contribution < 1.29 is 14.0 Å². The lowest BCUT2D eigenvalue weighted by Crippen LogP contribution is -2.51. The van der Waals surface area contributed by atoms with Gasteiger partial charge in [-0.1, -0.05) is 96.8 Å². The van der Waals surface area contributed by atoms with E-state index in [0.717, 1.165) is 32.5 Å². The molecule has 1 unspecified atom stereocenters. The molecule has 5 nitrogen and oxygen atoms in total. The number of aliphatic imine (C=N–C) groups is 1. The van der Waals surface area contributed by atoms with Crippen LogP contribution in [-0.2, 0) is 9.53 Å². The molecule has 0 bridgehead atoms. The van der Waals surface area contributed by atoms with Crippen molar-refractivity contribution in [2.45, 2.75) is 103 Å². The summed E-state index contributed by atoms with van der Waals surface area (Å²) in [6.07, 6.45) is 22.1. The first kappa shape index (κ1) is 26.1. The van der Waals surface area contributed by atoms with E-state index in [9.17, 15) is 4.79 Å². The number of nitrogens with zero attached hydrogens (tertiary/aromatic N) is 2. The molecular weight excluding hydrogens is 362 g/mol. The average Bonchev–Trinajstić information content (AvgIpc) is 3.16. The van der Waals surface area contributed by atoms with Gasteiger partial charge in [-0.2, -0.15) is 0 Å². The number of esters is 1. The van der Waals surface area contributed by atoms with Crippen molar-refractivity contribution in [1.29, 1.82) is 0 Å². The van der Waals surface area contributed by atoms with Gasteiger partial charge in [-0.25, -0.2) is 9.79 Å². The van der Waals surface area contributed by atoms with Crippen molar-refractivity contribution in [3.05, 3.63) is 0 Å². The number of unbranched alkanes of at least 4 members (excludes halogenated alkanes) is 14. The summed E-state index contributed by atoms with van der Waals surface area (Å²) in [5.74, 6) is -0.114. The van der Waals surface area contributed by atoms with Gasteiger partial charge >= 0.3 is 5.97 Å². The number of rotatable bonds is 20. The fourth-order valence-electron chi connectivity index (χ4n) is 4.13. The Balaban J connectivity index is 1.83. The molecule has 2 N–H and O–H groups in total. The summed E-state index contributed by atoms with van der Waals surface area (Å²) >= 11 is 0. The van der Waals surface area contributed by atoms with Gasteiger partial charge in [-0.15, -0.1) is 0 Å². The Morgan fingerprint density at radius 2 is 1.41 bits per heavy atom. The van der Waals surface area contributed by atoms with Gasteiger partial charge in [-0.05, 0) is 6.42 Å². The second kappa shape index (κ2) is 17.9. The van der Waals surface area contributed by atoms with E-state index in [1.165, 1.54) is 83.5 Å². The van der Waals surface area contributed by atoms with Crippen molar-refractivity contribution in [2.24, 2.45) is 10.7 Å². The van der Waals surface area contributed by atoms with Crippen LogP contribution >= 0.6 is 0 Å². The van der Waals surface area contributed by atoms with Crippen molar-refractivity contribution in [2.75, 3.05) is 39.3 Å². The van der Waals surface area contributed by atoms with E-state index in [2.05, 4.69) is 11.9 Å². The summed E-state index contributed by atoms with van der Waals surface area (Å²) in [5.41, 5.74) is 5.68. The minimum absolute atomic E-state index is 0.114. The molecule has 0 radical (unpaired) electrons. The molecular formula is C24H48N3O2+. The minimum atomic E-state index is -0.114. The molecule has 0 spiro atoms. The van der Waals surface area contributed by atoms with Crippen LogP contribution in [0.25, 0.3) is 0 Å². The third-order valence-electron chi connectivity index (χ3n) is 6.03. The van der Waals surface area contributed by atoms with Crippen LogP contribution in [0.15, 0.2) is 4.99 Å². The summed E-state index contributed by atoms with van der Waals surface area (Å²) in [7, 11) is 0. The fraction of sp³-hybridized carbons (Fsp3) is 0.917. The molecule has 0 amide bonds. The topological polar surface area (TPSA) is 64.7 Å². The molecule has 0 saturated carbocycles. The van der Waals surface area contributed by atoms with E-state index >= 15 is 0 Å². The van der Waals surface area contributed by atoms with Gasteiger partial charge in [0.2, 0.25) is 0 Å². The Morgan fingerprint density at radius 3 is 1.86 bits per heavy atom. The first-order valence-corrected chi connectivity index (χ1v) is 12.4. The van der Waals surface area contributed by atoms with Crippen LogP contribution in [0.5, 0.6) is 0 Å². The van der Waals surface area contributed by atoms with Crippen molar-refractivity contribution in [3.8, 4) is 0 Å². The van der Waals surface area contributed by atoms with Gasteiger partial charge in [0.1, 0.15) is 6.54 Å². The number of hydrogen-bond donors (Lipinski definition) is 1. The summed E-state index contributed by atoms with van der Waals surface area (Å²) in [4.78, 5) is 16.4. The number of ether oxygens (including phenoxy) is 1. The third-order valence-corrected chi connectivity index (χ3v) is 6.03. The lowest BCUT2D eigenvalue weighted by Gasteiger charge is -2.28. The largest absolute Gasteiger partial charge is 0.462 e. The van der Waals surface area contributed by atoms with E-state index < -0.39 is 0 Å². The van der Waals surface area contributed by atoms with Crippen LogP contribution < -0.4 is 5.73 Å². The molecule has 29 heavy (non-hydrogen) atoms. The lowest BCUT2D eigenvalue weighted by molar-refractivity contribution is -0.819. The van der Waals surface area contributed by atoms with Crippen molar-refractivity contribution >= 4 is 12.3 Å². The second-order valence-electron chi connectivity index (χ2n) is 8.80. The van der Waals surface area contributed by atoms with E-state index in [4.69, 9.17) is 10.5 Å². The highest BCUT2D eigenvalue weighted by Gasteiger charge is 2.32. The predicted molar refractivity (Wildman–Crippen MR) is 123 cm³/mol. The molecule has 5 heteroatoms. The number of carbonyl (C=O) groups excluding carboxylic acids is 1. The van der Waals surface area contributed by atoms with Crippen LogP contribution in [0.3, 0.4) is 0 Å². The molecule has 0 saturated heterocycles. The fourth-order valence-corrected chi connectivity index (χ4v) is 4.13. The molecule has 1 atom stereocenters. The first-order chi connectivity index (χ1) is 14.2. The Bertz CT molecular complexity index is 428. The molecule has 1 rings (SSSR count). The van der Waals surface area contributed by atoms with E-state index in [1.54, 1.807) is 0 Å². The first-order valence-electron chi connectivity index (χ1n) is 12.4. The van der Waals surface area contributed by atoms with Gasteiger partial charge < -0.3 is 10.5 Å². The Kier molecular flexibility index (Phi) is 16.1. The van der Waals surface area contributed by atoms with Crippen LogP contribution in [0.1, 0.15) is 103 Å². The van der Waals surface area contributed by atoms with Gasteiger partial charge in [0, 0.05) is 6.54 Å². The molecule has 0 aromatic heterocycles. The smallest absolute Gasteiger partial charge is 0.362 e. The van der Waals surface area contributed by atoms with Crippen LogP contribution in [0.4, 0.5) is 0 Å². The normalized spacial score (nSPS) is 18.4. The summed E-state index contributed by atoms with van der Waals surface area (Å²) in [5, 5.41) is 0. The quantitative estimate of drug-likeness (QED) is 0.170. The zero-order chi connectivity index (χ0) is 21.0. The summed E-state index contributed by atoms with van der Waals surface area (Å²) < 4.78 is 6.00. The van der Waals surface area contributed by atoms with Gasteiger partial charge in [0.15, 0.2) is 12.9 Å². The maximum Gasteiger partial charge on any atom is 0.362 e. The Labute approximate surface area is 180 Å². The van der Waals surface area contributed by atoms with Gasteiger partial charge in [-0.3, -0.25) is 4.48 Å². The molecule has 1 aliphatic rings. The number of hydrogen-bond acceptors (Lipinski definition) is 4. The zero-order valence-electron chi connectivity index (χ0n) is 19.2. The van der Waals surface area contributed by atoms with Crippen LogP contribution in [0.2, 0.25) is 0 Å². The van der Waals surface area contributed by atoms with Gasteiger partial charge in [0.05, 0.1) is 19.7 Å². The van der Waals surface area contributed by atoms with Crippen molar-refractivity contribution in [1.82, 2.24) is 0 Å². The summed E-state index contributed by atoms with van der Waals surface area (Å²) in [6.45, 7) is 6.19. The zero-order valence-corrected chi connectivity index (χ0v) is 19.2. The maximum absolute atomic E-state index is 12.1. The molecule has 0 aromatic rings. The van der Waals surface area contributed by atoms with Crippen LogP contribution in [0, 0.1) is 0 Å². The molecule has 0 fully saturated rings. The van der Waals surface area contributed by atoms with Crippen molar-refractivity contribution in [3.63, 3.8) is 0 Å². The highest BCUT2D eigenvalue weighted by Crippen LogP contribution is 2.13. The molecule has 0 aromatic carbocycles. The van der Waals surface area contributed by atoms with E-state index in [-0.39, 0.29) is 5.97 Å². The van der Waals surface area contributed by atoms with E-state index in [1.807, 2.05) is 6.34 Å². The molecule has 170 valence electrons. The average molecular weight is 411 g/mol. The predicted octanol–water partition coefficient (Wildman–Crippen LogP) is 5.22. The maximum atomic E-state index is 12.1. The second-order valence-corrected chi connectivity index (χ2v) is 8.80. The SMILES string of the molecule is CCCCCCCCCCCCCCCCCOC(=O)C[N+]1(CCN)C=NCC1. The lowest BCUT2D eigenvalue weighted by atomic mass is 10.0. The molecule has 1 aliphatic heterocycles. The van der Waals surface area contributed by atoms with E-state index in [0.29, 0.717) is 24.2 Å². The number of quaternary nitrogens is 1. The third kappa shape index (κ3) is 13.8. The number of nitrogens with two attached hydrogens (primary N) is 1. The Morgan fingerprint density at radius 1 is 0.897 bits per heavy atom. The standard InChI is InChI=1S/C24H48N3O2/c1-2-3-4-5-6-7-8-9-10-11-12-13-14-15-16-21-29-24(28)22-27(19-17-25)20-18-26-23-27/h23H,2-22,25H2,1H3/q+1. The monoisotopic (exact) mass is 410 g/mol. The molecule has 0 aliphatic carbocycles. The summed E-state index contributed by atoms with van der Waals surface area (Å²) in [6, 6.07) is 0.